The Labute approximate surface area is 255 Å². The van der Waals surface area contributed by atoms with E-state index < -0.39 is 23.5 Å². The molecular formula is C33H28F3N3O4S. The van der Waals surface area contributed by atoms with Gasteiger partial charge >= 0.3 is 5.97 Å². The first kappa shape index (κ1) is 29.6. The number of nitrogens with zero attached hydrogens (tertiary/aromatic N) is 2. The van der Waals surface area contributed by atoms with Crippen molar-refractivity contribution in [3.8, 4) is 10.4 Å². The number of rotatable bonds is 9. The summed E-state index contributed by atoms with van der Waals surface area (Å²) in [6.07, 6.45) is 2.97. The predicted octanol–water partition coefficient (Wildman–Crippen LogP) is 6.71. The maximum absolute atomic E-state index is 13.9. The molecule has 2 atom stereocenters. The van der Waals surface area contributed by atoms with E-state index in [0.29, 0.717) is 28.2 Å². The lowest BCUT2D eigenvalue weighted by Gasteiger charge is -2.22. The van der Waals surface area contributed by atoms with Crippen molar-refractivity contribution in [2.75, 3.05) is 0 Å². The number of carboxylic acid groups (broad SMARTS) is 1. The summed E-state index contributed by atoms with van der Waals surface area (Å²) in [6.45, 7) is 1.96. The minimum absolute atomic E-state index is 0.0199. The van der Waals surface area contributed by atoms with E-state index in [1.807, 2.05) is 11.8 Å². The number of thiophene rings is 1. The van der Waals surface area contributed by atoms with Gasteiger partial charge in [-0.15, -0.1) is 11.3 Å². The monoisotopic (exact) mass is 619 g/mol. The molecule has 2 aliphatic heterocycles. The minimum atomic E-state index is -1.24. The number of amides is 2. The SMILES string of the molecule is CCC1CC[C@H]2c3nc(CCc4ccc(F)cc4)c(C(=O)O)c(-c4cc(C(=O)NCc5ccc(F)c(F)c5)cs4)c3C(=O)N12. The number of pyridine rings is 1. The second kappa shape index (κ2) is 11.9. The quantitative estimate of drug-likeness (QED) is 0.217. The molecule has 0 aliphatic carbocycles. The predicted molar refractivity (Wildman–Crippen MR) is 158 cm³/mol. The van der Waals surface area contributed by atoms with Crippen LogP contribution in [-0.2, 0) is 19.4 Å². The lowest BCUT2D eigenvalue weighted by molar-refractivity contribution is 0.0694. The Balaban J connectivity index is 1.39. The van der Waals surface area contributed by atoms with Crippen molar-refractivity contribution in [3.05, 3.63) is 111 Å². The second-order valence-electron chi connectivity index (χ2n) is 11.0. The highest BCUT2D eigenvalue weighted by molar-refractivity contribution is 7.14. The maximum Gasteiger partial charge on any atom is 0.338 e. The molecule has 1 fully saturated rings. The number of nitrogens with one attached hydrogen (secondary N) is 1. The van der Waals surface area contributed by atoms with Gasteiger partial charge in [0.05, 0.1) is 34.1 Å². The molecule has 0 spiro atoms. The molecule has 4 aromatic rings. The molecule has 2 aromatic carbocycles. The summed E-state index contributed by atoms with van der Waals surface area (Å²) < 4.78 is 40.4. The first-order valence-corrected chi connectivity index (χ1v) is 15.2. The van der Waals surface area contributed by atoms with Gasteiger partial charge in [0.15, 0.2) is 11.6 Å². The van der Waals surface area contributed by atoms with E-state index in [4.69, 9.17) is 4.98 Å². The summed E-state index contributed by atoms with van der Waals surface area (Å²) in [5.74, 6) is -4.37. The number of carboxylic acids is 1. The molecule has 11 heteroatoms. The van der Waals surface area contributed by atoms with Gasteiger partial charge in [0, 0.05) is 28.4 Å². The Morgan fingerprint density at radius 2 is 1.75 bits per heavy atom. The fourth-order valence-corrected chi connectivity index (χ4v) is 7.14. The van der Waals surface area contributed by atoms with Gasteiger partial charge in [-0.1, -0.05) is 25.1 Å². The van der Waals surface area contributed by atoms with Crippen LogP contribution in [0.2, 0.25) is 0 Å². The molecule has 0 radical (unpaired) electrons. The number of aryl methyl sites for hydroxylation is 2. The zero-order valence-electron chi connectivity index (χ0n) is 23.7. The van der Waals surface area contributed by atoms with Crippen molar-refractivity contribution < 1.29 is 32.7 Å². The fraction of sp³-hybridized carbons (Fsp3) is 0.273. The average molecular weight is 620 g/mol. The van der Waals surface area contributed by atoms with Gasteiger partial charge in [-0.3, -0.25) is 14.6 Å². The number of halogens is 3. The van der Waals surface area contributed by atoms with Crippen LogP contribution in [0, 0.1) is 17.5 Å². The summed E-state index contributed by atoms with van der Waals surface area (Å²) in [7, 11) is 0. The van der Waals surface area contributed by atoms with Crippen LogP contribution in [0.25, 0.3) is 10.4 Å². The van der Waals surface area contributed by atoms with Crippen LogP contribution in [0.5, 0.6) is 0 Å². The molecule has 1 unspecified atom stereocenters. The summed E-state index contributed by atoms with van der Waals surface area (Å²) in [6, 6.07) is 10.6. The molecular weight excluding hydrogens is 591 g/mol. The molecule has 1 saturated heterocycles. The van der Waals surface area contributed by atoms with E-state index in [9.17, 15) is 32.7 Å². The van der Waals surface area contributed by atoms with Gasteiger partial charge in [0.2, 0.25) is 0 Å². The molecule has 44 heavy (non-hydrogen) atoms. The maximum atomic E-state index is 13.9. The summed E-state index contributed by atoms with van der Waals surface area (Å²) in [5, 5.41) is 14.7. The molecule has 7 nitrogen and oxygen atoms in total. The molecule has 4 heterocycles. The lowest BCUT2D eigenvalue weighted by Crippen LogP contribution is -2.31. The van der Waals surface area contributed by atoms with E-state index in [1.54, 1.807) is 23.6 Å². The van der Waals surface area contributed by atoms with Crippen molar-refractivity contribution in [2.45, 2.75) is 57.7 Å². The smallest absolute Gasteiger partial charge is 0.338 e. The molecule has 2 amide bonds. The Bertz CT molecular complexity index is 1790. The Morgan fingerprint density at radius 1 is 1.00 bits per heavy atom. The summed E-state index contributed by atoms with van der Waals surface area (Å²) in [4.78, 5) is 46.9. The number of hydrogen-bond donors (Lipinski definition) is 2. The highest BCUT2D eigenvalue weighted by atomic mass is 32.1. The van der Waals surface area contributed by atoms with E-state index in [-0.39, 0.29) is 59.0 Å². The number of aromatic nitrogens is 1. The Hall–Kier alpha value is -4.51. The molecule has 2 N–H and O–H groups in total. The first-order chi connectivity index (χ1) is 21.2. The largest absolute Gasteiger partial charge is 0.478 e. The van der Waals surface area contributed by atoms with Crippen LogP contribution in [0.15, 0.2) is 53.9 Å². The van der Waals surface area contributed by atoms with Crippen LogP contribution >= 0.6 is 11.3 Å². The first-order valence-electron chi connectivity index (χ1n) is 14.3. The van der Waals surface area contributed by atoms with Crippen molar-refractivity contribution in [1.82, 2.24) is 15.2 Å². The van der Waals surface area contributed by atoms with Gasteiger partial charge in [0.25, 0.3) is 11.8 Å². The van der Waals surface area contributed by atoms with E-state index >= 15 is 0 Å². The van der Waals surface area contributed by atoms with Crippen molar-refractivity contribution >= 4 is 29.1 Å². The number of hydrogen-bond acceptors (Lipinski definition) is 5. The standard InChI is InChI=1S/C33H28F3N3O4S/c1-2-21-9-12-25-30-29(32(41)39(21)25)28(27(33(42)43)24(38-30)11-6-17-3-7-20(34)8-4-17)26-14-19(16-44-26)31(40)37-15-18-5-10-22(35)23(36)13-18/h3-5,7-8,10,13-14,16,21,25H,2,6,9,11-12,15H2,1H3,(H,37,40)(H,42,43)/t21?,25-/m0/s1. The number of benzene rings is 2. The highest BCUT2D eigenvalue weighted by Gasteiger charge is 2.48. The van der Waals surface area contributed by atoms with Crippen molar-refractivity contribution in [2.24, 2.45) is 0 Å². The third kappa shape index (κ3) is 5.36. The summed E-state index contributed by atoms with van der Waals surface area (Å²) >= 11 is 1.14. The Kier molecular flexibility index (Phi) is 7.98. The highest BCUT2D eigenvalue weighted by Crippen LogP contribution is 2.49. The zero-order valence-corrected chi connectivity index (χ0v) is 24.5. The number of carbonyl (C=O) groups excluding carboxylic acids is 2. The number of aromatic carboxylic acids is 1. The van der Waals surface area contributed by atoms with E-state index in [1.165, 1.54) is 18.2 Å². The van der Waals surface area contributed by atoms with E-state index in [0.717, 1.165) is 48.3 Å². The van der Waals surface area contributed by atoms with Crippen LogP contribution in [0.4, 0.5) is 13.2 Å². The third-order valence-electron chi connectivity index (χ3n) is 8.36. The zero-order chi connectivity index (χ0) is 31.1. The minimum Gasteiger partial charge on any atom is -0.478 e. The average Bonchev–Trinajstić information content (AvgIpc) is 3.73. The van der Waals surface area contributed by atoms with Gasteiger partial charge in [-0.05, 0) is 73.6 Å². The van der Waals surface area contributed by atoms with Gasteiger partial charge < -0.3 is 15.3 Å². The van der Waals surface area contributed by atoms with E-state index in [2.05, 4.69) is 5.32 Å². The fourth-order valence-electron chi connectivity index (χ4n) is 6.19. The Morgan fingerprint density at radius 3 is 2.45 bits per heavy atom. The summed E-state index contributed by atoms with van der Waals surface area (Å²) in [5.41, 5.74) is 2.70. The van der Waals surface area contributed by atoms with Crippen LogP contribution in [-0.4, -0.2) is 38.8 Å². The van der Waals surface area contributed by atoms with Crippen molar-refractivity contribution in [1.29, 1.82) is 0 Å². The van der Waals surface area contributed by atoms with Crippen molar-refractivity contribution in [3.63, 3.8) is 0 Å². The molecule has 6 rings (SSSR count). The van der Waals surface area contributed by atoms with Gasteiger partial charge in [0.1, 0.15) is 5.82 Å². The number of carbonyl (C=O) groups is 3. The molecule has 2 aromatic heterocycles. The normalized spacial score (nSPS) is 17.1. The molecule has 2 aliphatic rings. The van der Waals surface area contributed by atoms with Crippen LogP contribution < -0.4 is 5.32 Å². The van der Waals surface area contributed by atoms with Crippen LogP contribution in [0.1, 0.15) is 85.8 Å². The van der Waals surface area contributed by atoms with Gasteiger partial charge in [-0.25, -0.2) is 18.0 Å². The second-order valence-corrected chi connectivity index (χ2v) is 11.9. The topological polar surface area (TPSA) is 99.6 Å². The number of fused-ring (bicyclic) bond motifs is 3. The lowest BCUT2D eigenvalue weighted by atomic mass is 9.92. The third-order valence-corrected chi connectivity index (χ3v) is 9.31. The molecule has 0 bridgehead atoms. The molecule has 0 saturated carbocycles. The van der Waals surface area contributed by atoms with Crippen LogP contribution in [0.3, 0.4) is 0 Å². The molecule has 226 valence electrons. The van der Waals surface area contributed by atoms with Gasteiger partial charge in [-0.2, -0.15) is 0 Å².